The zero-order chi connectivity index (χ0) is 14.1. The summed E-state index contributed by atoms with van der Waals surface area (Å²) in [5.41, 5.74) is 5.36. The van der Waals surface area contributed by atoms with E-state index in [1.54, 1.807) is 0 Å². The van der Waals surface area contributed by atoms with Crippen LogP contribution in [-0.2, 0) is 13.0 Å². The summed E-state index contributed by atoms with van der Waals surface area (Å²) in [6.45, 7) is 2.18. The van der Waals surface area contributed by atoms with Gasteiger partial charge in [-0.3, -0.25) is 0 Å². The number of nitrogens with zero attached hydrogens (tertiary/aromatic N) is 2. The van der Waals surface area contributed by atoms with Gasteiger partial charge in [-0.15, -0.1) is 0 Å². The molecule has 1 aliphatic carbocycles. The quantitative estimate of drug-likeness (QED) is 0.914. The fraction of sp³-hybridized carbons (Fsp3) is 0.500. The summed E-state index contributed by atoms with van der Waals surface area (Å²) in [5.74, 6) is 0.947. The van der Waals surface area contributed by atoms with E-state index in [4.69, 9.17) is 0 Å². The van der Waals surface area contributed by atoms with Crippen molar-refractivity contribution in [3.05, 3.63) is 36.3 Å². The molecule has 0 atom stereocenters. The third-order valence-electron chi connectivity index (χ3n) is 5.07. The first-order chi connectivity index (χ1) is 10.4. The van der Waals surface area contributed by atoms with E-state index >= 15 is 0 Å². The fourth-order valence-electron chi connectivity index (χ4n) is 3.55. The van der Waals surface area contributed by atoms with Crippen molar-refractivity contribution in [2.24, 2.45) is 5.92 Å². The van der Waals surface area contributed by atoms with Crippen molar-refractivity contribution in [3.63, 3.8) is 0 Å². The second-order valence-corrected chi connectivity index (χ2v) is 6.43. The highest BCUT2D eigenvalue weighted by Crippen LogP contribution is 2.35. The molecule has 1 fully saturated rings. The zero-order valence-corrected chi connectivity index (χ0v) is 12.5. The molecule has 1 saturated carbocycles. The van der Waals surface area contributed by atoms with Crippen molar-refractivity contribution in [1.29, 1.82) is 0 Å². The number of rotatable bonds is 4. The first kappa shape index (κ1) is 12.9. The van der Waals surface area contributed by atoms with Crippen LogP contribution in [0.5, 0.6) is 0 Å². The maximum absolute atomic E-state index is 4.40. The Hall–Kier alpha value is -1.77. The second kappa shape index (κ2) is 5.55. The monoisotopic (exact) mass is 281 g/mol. The summed E-state index contributed by atoms with van der Waals surface area (Å²) >= 11 is 0. The molecule has 1 aromatic carbocycles. The second-order valence-electron chi connectivity index (χ2n) is 6.43. The van der Waals surface area contributed by atoms with Crippen molar-refractivity contribution in [2.75, 3.05) is 11.9 Å². The molecular weight excluding hydrogens is 258 g/mol. The molecule has 0 bridgehead atoms. The Balaban J connectivity index is 1.62. The normalized spacial score (nSPS) is 17.9. The molecule has 0 spiro atoms. The number of hydrogen-bond acceptors (Lipinski definition) is 2. The standard InChI is InChI=1S/C18H23N3/c1-4-14(5-1)9-11-21-13-19-12-17(21)16-8-2-6-15-7-3-10-20-18(15)16/h2,6,8,12-14,20H,1,3-5,7,9-11H2. The highest BCUT2D eigenvalue weighted by atomic mass is 15.0. The number of para-hydroxylation sites is 1. The van der Waals surface area contributed by atoms with E-state index in [0.717, 1.165) is 19.0 Å². The number of fused-ring (bicyclic) bond motifs is 1. The van der Waals surface area contributed by atoms with Crippen molar-refractivity contribution in [2.45, 2.75) is 45.1 Å². The van der Waals surface area contributed by atoms with Crippen LogP contribution in [0.3, 0.4) is 0 Å². The number of aromatic nitrogens is 2. The van der Waals surface area contributed by atoms with E-state index in [1.165, 1.54) is 61.0 Å². The molecule has 3 nitrogen and oxygen atoms in total. The Morgan fingerprint density at radius 3 is 3.05 bits per heavy atom. The van der Waals surface area contributed by atoms with Crippen LogP contribution in [0.25, 0.3) is 11.3 Å². The fourth-order valence-corrected chi connectivity index (χ4v) is 3.55. The molecule has 2 heterocycles. The van der Waals surface area contributed by atoms with Gasteiger partial charge in [0.1, 0.15) is 0 Å². The molecule has 21 heavy (non-hydrogen) atoms. The van der Waals surface area contributed by atoms with Gasteiger partial charge in [-0.2, -0.15) is 0 Å². The third-order valence-corrected chi connectivity index (χ3v) is 5.07. The minimum absolute atomic E-state index is 0.947. The first-order valence-corrected chi connectivity index (χ1v) is 8.28. The Morgan fingerprint density at radius 2 is 2.19 bits per heavy atom. The van der Waals surface area contributed by atoms with Crippen LogP contribution in [0, 0.1) is 5.92 Å². The minimum atomic E-state index is 0.947. The first-order valence-electron chi connectivity index (χ1n) is 8.28. The predicted octanol–water partition coefficient (Wildman–Crippen LogP) is 4.10. The number of aryl methyl sites for hydroxylation is 2. The molecule has 0 radical (unpaired) electrons. The number of nitrogens with one attached hydrogen (secondary N) is 1. The van der Waals surface area contributed by atoms with E-state index in [-0.39, 0.29) is 0 Å². The van der Waals surface area contributed by atoms with Gasteiger partial charge in [-0.1, -0.05) is 37.5 Å². The summed E-state index contributed by atoms with van der Waals surface area (Å²) in [5, 5.41) is 3.59. The average Bonchev–Trinajstić information content (AvgIpc) is 2.93. The van der Waals surface area contributed by atoms with Gasteiger partial charge in [0, 0.05) is 24.3 Å². The lowest BCUT2D eigenvalue weighted by Gasteiger charge is -2.26. The number of benzene rings is 1. The van der Waals surface area contributed by atoms with E-state index in [9.17, 15) is 0 Å². The van der Waals surface area contributed by atoms with Gasteiger partial charge in [-0.05, 0) is 30.7 Å². The summed E-state index contributed by atoms with van der Waals surface area (Å²) in [6.07, 6.45) is 12.0. The largest absolute Gasteiger partial charge is 0.384 e. The Bertz CT molecular complexity index is 625. The Kier molecular flexibility index (Phi) is 3.42. The van der Waals surface area contributed by atoms with Crippen LogP contribution in [-0.4, -0.2) is 16.1 Å². The molecular formula is C18H23N3. The SMILES string of the molecule is c1cc2c(c(-c3cncn3CCC3CCC3)c1)NCCC2. The molecule has 1 N–H and O–H groups in total. The zero-order valence-electron chi connectivity index (χ0n) is 12.5. The summed E-state index contributed by atoms with van der Waals surface area (Å²) < 4.78 is 2.34. The van der Waals surface area contributed by atoms with Gasteiger partial charge >= 0.3 is 0 Å². The number of imidazole rings is 1. The lowest BCUT2D eigenvalue weighted by molar-refractivity contribution is 0.283. The lowest BCUT2D eigenvalue weighted by atomic mass is 9.83. The van der Waals surface area contributed by atoms with Gasteiger partial charge in [0.25, 0.3) is 0 Å². The average molecular weight is 281 g/mol. The Morgan fingerprint density at radius 1 is 1.24 bits per heavy atom. The van der Waals surface area contributed by atoms with Gasteiger partial charge in [0.05, 0.1) is 18.2 Å². The van der Waals surface area contributed by atoms with Crippen LogP contribution >= 0.6 is 0 Å². The maximum Gasteiger partial charge on any atom is 0.0950 e. The van der Waals surface area contributed by atoms with E-state index < -0.39 is 0 Å². The number of anilines is 1. The highest BCUT2D eigenvalue weighted by Gasteiger charge is 2.19. The smallest absolute Gasteiger partial charge is 0.0950 e. The minimum Gasteiger partial charge on any atom is -0.384 e. The van der Waals surface area contributed by atoms with Crippen molar-refractivity contribution >= 4 is 5.69 Å². The Labute approximate surface area is 126 Å². The van der Waals surface area contributed by atoms with Gasteiger partial charge < -0.3 is 9.88 Å². The van der Waals surface area contributed by atoms with Crippen LogP contribution in [0.1, 0.15) is 37.7 Å². The summed E-state index contributed by atoms with van der Waals surface area (Å²) in [6, 6.07) is 6.67. The highest BCUT2D eigenvalue weighted by molar-refractivity contribution is 5.78. The van der Waals surface area contributed by atoms with Crippen molar-refractivity contribution in [3.8, 4) is 11.3 Å². The molecule has 2 aliphatic rings. The van der Waals surface area contributed by atoms with Crippen molar-refractivity contribution in [1.82, 2.24) is 9.55 Å². The summed E-state index contributed by atoms with van der Waals surface area (Å²) in [7, 11) is 0. The number of hydrogen-bond donors (Lipinski definition) is 1. The topological polar surface area (TPSA) is 29.9 Å². The molecule has 2 aromatic rings. The molecule has 0 unspecified atom stereocenters. The molecule has 1 aromatic heterocycles. The molecule has 0 amide bonds. The van der Waals surface area contributed by atoms with Gasteiger partial charge in [0.2, 0.25) is 0 Å². The predicted molar refractivity (Wildman–Crippen MR) is 86.4 cm³/mol. The van der Waals surface area contributed by atoms with E-state index in [2.05, 4.69) is 33.1 Å². The summed E-state index contributed by atoms with van der Waals surface area (Å²) in [4.78, 5) is 4.40. The van der Waals surface area contributed by atoms with Gasteiger partial charge in [-0.25, -0.2) is 4.98 Å². The lowest BCUT2D eigenvalue weighted by Crippen LogP contribution is -2.15. The molecule has 3 heteroatoms. The molecule has 110 valence electrons. The van der Waals surface area contributed by atoms with E-state index in [0.29, 0.717) is 0 Å². The van der Waals surface area contributed by atoms with Crippen molar-refractivity contribution < 1.29 is 0 Å². The molecule has 0 saturated heterocycles. The van der Waals surface area contributed by atoms with Crippen LogP contribution in [0.4, 0.5) is 5.69 Å². The molecule has 1 aliphatic heterocycles. The molecule has 4 rings (SSSR count). The third kappa shape index (κ3) is 2.45. The van der Waals surface area contributed by atoms with Gasteiger partial charge in [0.15, 0.2) is 0 Å². The van der Waals surface area contributed by atoms with E-state index in [1.807, 2.05) is 12.5 Å². The van der Waals surface area contributed by atoms with Crippen LogP contribution in [0.2, 0.25) is 0 Å². The maximum atomic E-state index is 4.40. The van der Waals surface area contributed by atoms with Crippen LogP contribution < -0.4 is 5.32 Å². The van der Waals surface area contributed by atoms with Crippen LogP contribution in [0.15, 0.2) is 30.7 Å².